The molecule has 0 bridgehead atoms. The zero-order valence-electron chi connectivity index (χ0n) is 11.3. The SMILES string of the molecule is Cc1cc(C)c(C)c(NC(=O)C(C)CN)c1C. The molecule has 0 aliphatic heterocycles. The molecule has 1 rings (SSSR count). The summed E-state index contributed by atoms with van der Waals surface area (Å²) >= 11 is 0. The molecule has 0 fully saturated rings. The molecule has 0 aliphatic rings. The minimum absolute atomic E-state index is 0.0105. The van der Waals surface area contributed by atoms with Crippen molar-refractivity contribution in [1.82, 2.24) is 0 Å². The minimum Gasteiger partial charge on any atom is -0.330 e. The van der Waals surface area contributed by atoms with Crippen molar-refractivity contribution in [3.05, 3.63) is 28.3 Å². The van der Waals surface area contributed by atoms with Crippen molar-refractivity contribution in [2.75, 3.05) is 11.9 Å². The van der Waals surface area contributed by atoms with Crippen molar-refractivity contribution in [2.45, 2.75) is 34.6 Å². The van der Waals surface area contributed by atoms with Gasteiger partial charge in [0.15, 0.2) is 0 Å². The fourth-order valence-corrected chi connectivity index (χ4v) is 1.76. The Balaban J connectivity index is 3.10. The Morgan fingerprint density at radius 1 is 1.24 bits per heavy atom. The molecule has 0 saturated carbocycles. The minimum atomic E-state index is -0.158. The van der Waals surface area contributed by atoms with E-state index in [-0.39, 0.29) is 11.8 Å². The molecular formula is C14H22N2O. The van der Waals surface area contributed by atoms with Crippen LogP contribution in [0.3, 0.4) is 0 Å². The highest BCUT2D eigenvalue weighted by Crippen LogP contribution is 2.26. The molecule has 94 valence electrons. The van der Waals surface area contributed by atoms with E-state index in [0.717, 1.165) is 16.8 Å². The summed E-state index contributed by atoms with van der Waals surface area (Å²) in [7, 11) is 0. The fourth-order valence-electron chi connectivity index (χ4n) is 1.76. The van der Waals surface area contributed by atoms with Gasteiger partial charge in [0.05, 0.1) is 0 Å². The lowest BCUT2D eigenvalue weighted by molar-refractivity contribution is -0.119. The molecule has 1 aromatic rings. The quantitative estimate of drug-likeness (QED) is 0.844. The molecule has 3 heteroatoms. The Kier molecular flexibility index (Phi) is 4.29. The van der Waals surface area contributed by atoms with Gasteiger partial charge in [-0.15, -0.1) is 0 Å². The summed E-state index contributed by atoms with van der Waals surface area (Å²) in [5.41, 5.74) is 11.1. The van der Waals surface area contributed by atoms with E-state index in [1.165, 1.54) is 11.1 Å². The number of hydrogen-bond acceptors (Lipinski definition) is 2. The lowest BCUT2D eigenvalue weighted by atomic mass is 9.98. The van der Waals surface area contributed by atoms with Gasteiger partial charge >= 0.3 is 0 Å². The van der Waals surface area contributed by atoms with E-state index in [0.29, 0.717) is 6.54 Å². The highest BCUT2D eigenvalue weighted by Gasteiger charge is 2.15. The molecule has 1 atom stereocenters. The first-order valence-corrected chi connectivity index (χ1v) is 5.96. The maximum absolute atomic E-state index is 11.9. The third-order valence-corrected chi connectivity index (χ3v) is 3.42. The molecule has 1 unspecified atom stereocenters. The van der Waals surface area contributed by atoms with Crippen molar-refractivity contribution in [3.8, 4) is 0 Å². The maximum Gasteiger partial charge on any atom is 0.228 e. The highest BCUT2D eigenvalue weighted by molar-refractivity contribution is 5.94. The molecule has 1 amide bonds. The molecule has 0 radical (unpaired) electrons. The van der Waals surface area contributed by atoms with Crippen molar-refractivity contribution in [3.63, 3.8) is 0 Å². The lowest BCUT2D eigenvalue weighted by Gasteiger charge is -2.18. The van der Waals surface area contributed by atoms with Crippen LogP contribution in [-0.4, -0.2) is 12.5 Å². The number of carbonyl (C=O) groups is 1. The summed E-state index contributed by atoms with van der Waals surface area (Å²) in [5.74, 6) is -0.168. The van der Waals surface area contributed by atoms with E-state index < -0.39 is 0 Å². The molecule has 3 nitrogen and oxygen atoms in total. The van der Waals surface area contributed by atoms with Crippen molar-refractivity contribution in [1.29, 1.82) is 0 Å². The van der Waals surface area contributed by atoms with Crippen LogP contribution in [0.2, 0.25) is 0 Å². The number of carbonyl (C=O) groups excluding carboxylic acids is 1. The number of anilines is 1. The largest absolute Gasteiger partial charge is 0.330 e. The first-order valence-electron chi connectivity index (χ1n) is 5.96. The van der Waals surface area contributed by atoms with E-state index in [2.05, 4.69) is 25.2 Å². The third kappa shape index (κ3) is 2.86. The van der Waals surface area contributed by atoms with E-state index in [9.17, 15) is 4.79 Å². The van der Waals surface area contributed by atoms with Crippen molar-refractivity contribution < 1.29 is 4.79 Å². The number of hydrogen-bond donors (Lipinski definition) is 2. The van der Waals surface area contributed by atoms with Gasteiger partial charge in [-0.2, -0.15) is 0 Å². The van der Waals surface area contributed by atoms with Crippen molar-refractivity contribution in [2.24, 2.45) is 11.7 Å². The van der Waals surface area contributed by atoms with E-state index >= 15 is 0 Å². The highest BCUT2D eigenvalue weighted by atomic mass is 16.1. The van der Waals surface area contributed by atoms with E-state index in [4.69, 9.17) is 5.73 Å². The van der Waals surface area contributed by atoms with Gasteiger partial charge in [-0.3, -0.25) is 4.79 Å². The van der Waals surface area contributed by atoms with Crippen LogP contribution in [0.4, 0.5) is 5.69 Å². The standard InChI is InChI=1S/C14H22N2O/c1-8-6-9(2)12(5)13(11(8)4)16-14(17)10(3)7-15/h6,10H,7,15H2,1-5H3,(H,16,17). The average molecular weight is 234 g/mol. The predicted octanol–water partition coefficient (Wildman–Crippen LogP) is 2.45. The van der Waals surface area contributed by atoms with Gasteiger partial charge in [-0.25, -0.2) is 0 Å². The summed E-state index contributed by atoms with van der Waals surface area (Å²) < 4.78 is 0. The summed E-state index contributed by atoms with van der Waals surface area (Å²) in [6, 6.07) is 2.15. The first kappa shape index (κ1) is 13.7. The van der Waals surface area contributed by atoms with Gasteiger partial charge in [0, 0.05) is 18.2 Å². The summed E-state index contributed by atoms with van der Waals surface area (Å²) in [5, 5.41) is 2.99. The molecule has 0 spiro atoms. The number of aryl methyl sites for hydroxylation is 2. The predicted molar refractivity (Wildman–Crippen MR) is 72.2 cm³/mol. The van der Waals surface area contributed by atoms with Gasteiger partial charge in [-0.1, -0.05) is 13.0 Å². The van der Waals surface area contributed by atoms with Crippen molar-refractivity contribution >= 4 is 11.6 Å². The van der Waals surface area contributed by atoms with Gasteiger partial charge in [0.2, 0.25) is 5.91 Å². The molecule has 1 aromatic carbocycles. The Bertz CT molecular complexity index is 412. The second-order valence-corrected chi connectivity index (χ2v) is 4.76. The number of nitrogens with one attached hydrogen (secondary N) is 1. The average Bonchev–Trinajstić information content (AvgIpc) is 2.30. The summed E-state index contributed by atoms with van der Waals surface area (Å²) in [6.07, 6.45) is 0. The lowest BCUT2D eigenvalue weighted by Crippen LogP contribution is -2.27. The zero-order chi connectivity index (χ0) is 13.2. The summed E-state index contributed by atoms with van der Waals surface area (Å²) in [4.78, 5) is 11.9. The van der Waals surface area contributed by atoms with Crippen LogP contribution in [0.15, 0.2) is 6.07 Å². The normalized spacial score (nSPS) is 12.4. The maximum atomic E-state index is 11.9. The Morgan fingerprint density at radius 3 is 2.12 bits per heavy atom. The first-order chi connectivity index (χ1) is 7.88. The van der Waals surface area contributed by atoms with Crippen LogP contribution >= 0.6 is 0 Å². The number of rotatable bonds is 3. The third-order valence-electron chi connectivity index (χ3n) is 3.42. The topological polar surface area (TPSA) is 55.1 Å². The molecule has 17 heavy (non-hydrogen) atoms. The molecule has 3 N–H and O–H groups in total. The van der Waals surface area contributed by atoms with Crippen LogP contribution in [-0.2, 0) is 4.79 Å². The summed E-state index contributed by atoms with van der Waals surface area (Å²) in [6.45, 7) is 10.4. The van der Waals surface area contributed by atoms with Crippen LogP contribution in [0.25, 0.3) is 0 Å². The Labute approximate surface area is 103 Å². The smallest absolute Gasteiger partial charge is 0.228 e. The van der Waals surface area contributed by atoms with E-state index in [1.807, 2.05) is 20.8 Å². The molecule has 0 aromatic heterocycles. The number of benzene rings is 1. The molecule has 0 heterocycles. The molecular weight excluding hydrogens is 212 g/mol. The second-order valence-electron chi connectivity index (χ2n) is 4.76. The van der Waals surface area contributed by atoms with Gasteiger partial charge in [0.25, 0.3) is 0 Å². The van der Waals surface area contributed by atoms with Gasteiger partial charge in [0.1, 0.15) is 0 Å². The van der Waals surface area contributed by atoms with Gasteiger partial charge in [-0.05, 0) is 49.9 Å². The second kappa shape index (κ2) is 5.32. The Morgan fingerprint density at radius 2 is 1.71 bits per heavy atom. The van der Waals surface area contributed by atoms with Crippen LogP contribution in [0.1, 0.15) is 29.2 Å². The number of amides is 1. The fraction of sp³-hybridized carbons (Fsp3) is 0.500. The monoisotopic (exact) mass is 234 g/mol. The van der Waals surface area contributed by atoms with Crippen LogP contribution in [0, 0.1) is 33.6 Å². The van der Waals surface area contributed by atoms with Crippen LogP contribution < -0.4 is 11.1 Å². The Hall–Kier alpha value is -1.35. The zero-order valence-corrected chi connectivity index (χ0v) is 11.3. The molecule has 0 aliphatic carbocycles. The number of nitrogens with two attached hydrogens (primary N) is 1. The van der Waals surface area contributed by atoms with E-state index in [1.54, 1.807) is 0 Å². The van der Waals surface area contributed by atoms with Crippen LogP contribution in [0.5, 0.6) is 0 Å². The molecule has 0 saturated heterocycles. The van der Waals surface area contributed by atoms with Gasteiger partial charge < -0.3 is 11.1 Å².